The number of methoxy groups -OCH3 is 2. The molecule has 1 atom stereocenters. The maximum Gasteiger partial charge on any atom is 0.251 e. The van der Waals surface area contributed by atoms with E-state index in [4.69, 9.17) is 9.47 Å². The first-order chi connectivity index (χ1) is 13.5. The number of rotatable bonds is 7. The van der Waals surface area contributed by atoms with Gasteiger partial charge in [-0.1, -0.05) is 6.07 Å². The molecule has 29 heavy (non-hydrogen) atoms. The first-order valence-electron chi connectivity index (χ1n) is 9.13. The molecule has 0 aliphatic heterocycles. The smallest absolute Gasteiger partial charge is 0.251 e. The molecule has 2 aromatic rings. The highest BCUT2D eigenvalue weighted by Gasteiger charge is 2.23. The van der Waals surface area contributed by atoms with Gasteiger partial charge in [0.25, 0.3) is 5.91 Å². The Morgan fingerprint density at radius 3 is 2.31 bits per heavy atom. The van der Waals surface area contributed by atoms with Gasteiger partial charge in [0, 0.05) is 16.7 Å². The number of sulfonamides is 1. The third-order valence-electron chi connectivity index (χ3n) is 4.10. The summed E-state index contributed by atoms with van der Waals surface area (Å²) in [6.45, 7) is 7.08. The molecule has 0 aromatic heterocycles. The predicted octanol–water partition coefficient (Wildman–Crippen LogP) is 3.27. The Bertz CT molecular complexity index is 981. The molecule has 2 N–H and O–H groups in total. The molecule has 0 fully saturated rings. The van der Waals surface area contributed by atoms with Crippen molar-refractivity contribution in [1.29, 1.82) is 0 Å². The first-order valence-corrected chi connectivity index (χ1v) is 10.6. The highest BCUT2D eigenvalue weighted by Crippen LogP contribution is 2.29. The second-order valence-electron chi connectivity index (χ2n) is 7.69. The lowest BCUT2D eigenvalue weighted by molar-refractivity contribution is 0.0939. The second kappa shape index (κ2) is 8.84. The number of amides is 1. The van der Waals surface area contributed by atoms with Crippen molar-refractivity contribution in [2.75, 3.05) is 14.2 Å². The van der Waals surface area contributed by atoms with Gasteiger partial charge in [0.15, 0.2) is 0 Å². The van der Waals surface area contributed by atoms with Gasteiger partial charge < -0.3 is 14.8 Å². The fourth-order valence-corrected chi connectivity index (χ4v) is 4.27. The van der Waals surface area contributed by atoms with Gasteiger partial charge in [-0.2, -0.15) is 0 Å². The predicted molar refractivity (Wildman–Crippen MR) is 112 cm³/mol. The molecule has 2 aromatic carbocycles. The van der Waals surface area contributed by atoms with Gasteiger partial charge in [0.1, 0.15) is 11.5 Å². The molecule has 8 heteroatoms. The fourth-order valence-electron chi connectivity index (χ4n) is 2.80. The van der Waals surface area contributed by atoms with Gasteiger partial charge in [-0.05, 0) is 64.1 Å². The van der Waals surface area contributed by atoms with Crippen molar-refractivity contribution in [3.63, 3.8) is 0 Å². The minimum atomic E-state index is -3.74. The summed E-state index contributed by atoms with van der Waals surface area (Å²) in [5.41, 5.74) is 0.364. The molecule has 0 heterocycles. The van der Waals surface area contributed by atoms with Gasteiger partial charge in [-0.3, -0.25) is 4.79 Å². The van der Waals surface area contributed by atoms with Gasteiger partial charge >= 0.3 is 0 Å². The standard InChI is InChI=1S/C21H28N2O5S/c1-14(18-13-16(27-5)10-11-19(18)28-6)22-20(24)15-8-7-9-17(12-15)29(25,26)23-21(2,3)4/h7-14,23H,1-6H3,(H,22,24)/t14-/m0/s1. The van der Waals surface area contributed by atoms with E-state index in [-0.39, 0.29) is 16.5 Å². The van der Waals surface area contributed by atoms with Crippen LogP contribution in [0.4, 0.5) is 0 Å². The number of hydrogen-bond donors (Lipinski definition) is 2. The largest absolute Gasteiger partial charge is 0.497 e. The summed E-state index contributed by atoms with van der Waals surface area (Å²) in [5.74, 6) is 0.864. The van der Waals surface area contributed by atoms with Crippen molar-refractivity contribution in [1.82, 2.24) is 10.0 Å². The van der Waals surface area contributed by atoms with Gasteiger partial charge in [0.05, 0.1) is 25.2 Å². The highest BCUT2D eigenvalue weighted by molar-refractivity contribution is 7.89. The second-order valence-corrected chi connectivity index (χ2v) is 9.37. The van der Waals surface area contributed by atoms with Crippen LogP contribution < -0.4 is 19.5 Å². The van der Waals surface area contributed by atoms with Crippen LogP contribution in [0, 0.1) is 0 Å². The third-order valence-corrected chi connectivity index (χ3v) is 5.85. The summed E-state index contributed by atoms with van der Waals surface area (Å²) in [5, 5.41) is 2.88. The number of nitrogens with one attached hydrogen (secondary N) is 2. The lowest BCUT2D eigenvalue weighted by Crippen LogP contribution is -2.40. The van der Waals surface area contributed by atoms with E-state index in [1.54, 1.807) is 65.3 Å². The van der Waals surface area contributed by atoms with Crippen molar-refractivity contribution in [3.05, 3.63) is 53.6 Å². The minimum Gasteiger partial charge on any atom is -0.497 e. The Morgan fingerprint density at radius 1 is 1.03 bits per heavy atom. The van der Waals surface area contributed by atoms with E-state index in [2.05, 4.69) is 10.0 Å². The summed E-state index contributed by atoms with van der Waals surface area (Å²) in [7, 11) is -0.627. The monoisotopic (exact) mass is 420 g/mol. The van der Waals surface area contributed by atoms with E-state index >= 15 is 0 Å². The summed E-state index contributed by atoms with van der Waals surface area (Å²) in [6, 6.07) is 10.9. The van der Waals surface area contributed by atoms with Crippen LogP contribution in [0.2, 0.25) is 0 Å². The summed E-state index contributed by atoms with van der Waals surface area (Å²) in [6.07, 6.45) is 0. The zero-order chi connectivity index (χ0) is 21.8. The van der Waals surface area contributed by atoms with Crippen molar-refractivity contribution < 1.29 is 22.7 Å². The van der Waals surface area contributed by atoms with Gasteiger partial charge in [-0.15, -0.1) is 0 Å². The minimum absolute atomic E-state index is 0.0340. The Morgan fingerprint density at radius 2 is 1.72 bits per heavy atom. The van der Waals surface area contributed by atoms with Gasteiger partial charge in [-0.25, -0.2) is 13.1 Å². The van der Waals surface area contributed by atoms with E-state index in [1.807, 2.05) is 6.92 Å². The number of carbonyl (C=O) groups is 1. The van der Waals surface area contributed by atoms with Crippen molar-refractivity contribution in [2.45, 2.75) is 44.2 Å². The van der Waals surface area contributed by atoms with E-state index in [9.17, 15) is 13.2 Å². The number of carbonyl (C=O) groups excluding carboxylic acids is 1. The molecular weight excluding hydrogens is 392 g/mol. The molecule has 0 unspecified atom stereocenters. The third kappa shape index (κ3) is 5.95. The Kier molecular flexibility index (Phi) is 6.92. The van der Waals surface area contributed by atoms with Crippen molar-refractivity contribution >= 4 is 15.9 Å². The van der Waals surface area contributed by atoms with Crippen LogP contribution in [0.1, 0.15) is 49.7 Å². The molecule has 1 amide bonds. The highest BCUT2D eigenvalue weighted by atomic mass is 32.2. The summed E-state index contributed by atoms with van der Waals surface area (Å²) >= 11 is 0. The van der Waals surface area contributed by atoms with Crippen LogP contribution in [-0.4, -0.2) is 34.1 Å². The van der Waals surface area contributed by atoms with Crippen LogP contribution in [0.3, 0.4) is 0 Å². The topological polar surface area (TPSA) is 93.7 Å². The van der Waals surface area contributed by atoms with E-state index in [0.29, 0.717) is 11.5 Å². The van der Waals surface area contributed by atoms with Crippen LogP contribution in [0.15, 0.2) is 47.4 Å². The molecular formula is C21H28N2O5S. The van der Waals surface area contributed by atoms with E-state index in [1.165, 1.54) is 12.1 Å². The quantitative estimate of drug-likeness (QED) is 0.717. The zero-order valence-corrected chi connectivity index (χ0v) is 18.4. The number of ether oxygens (including phenoxy) is 2. The van der Waals surface area contributed by atoms with Crippen LogP contribution in [0.25, 0.3) is 0 Å². The molecule has 0 radical (unpaired) electrons. The van der Waals surface area contributed by atoms with Crippen molar-refractivity contribution in [2.24, 2.45) is 0 Å². The summed E-state index contributed by atoms with van der Waals surface area (Å²) < 4.78 is 38.3. The lowest BCUT2D eigenvalue weighted by Gasteiger charge is -2.21. The normalized spacial score (nSPS) is 12.9. The number of hydrogen-bond acceptors (Lipinski definition) is 5. The average Bonchev–Trinajstić information content (AvgIpc) is 2.65. The Balaban J connectivity index is 2.26. The Hall–Kier alpha value is -2.58. The molecule has 0 aliphatic rings. The molecule has 0 spiro atoms. The number of benzene rings is 2. The molecule has 0 saturated carbocycles. The van der Waals surface area contributed by atoms with Crippen molar-refractivity contribution in [3.8, 4) is 11.5 Å². The SMILES string of the molecule is COc1ccc(OC)c([C@H](C)NC(=O)c2cccc(S(=O)(=O)NC(C)(C)C)c2)c1. The average molecular weight is 421 g/mol. The lowest BCUT2D eigenvalue weighted by atomic mass is 10.1. The molecule has 0 aliphatic carbocycles. The Labute approximate surface area is 172 Å². The first kappa shape index (κ1) is 22.7. The molecule has 7 nitrogen and oxygen atoms in total. The maximum atomic E-state index is 12.7. The molecule has 158 valence electrons. The van der Waals surface area contributed by atoms with E-state index in [0.717, 1.165) is 5.56 Å². The van der Waals surface area contributed by atoms with E-state index < -0.39 is 21.5 Å². The van der Waals surface area contributed by atoms with Crippen LogP contribution in [0.5, 0.6) is 11.5 Å². The molecule has 2 rings (SSSR count). The van der Waals surface area contributed by atoms with Gasteiger partial charge in [0.2, 0.25) is 10.0 Å². The fraction of sp³-hybridized carbons (Fsp3) is 0.381. The maximum absolute atomic E-state index is 12.7. The van der Waals surface area contributed by atoms with Crippen LogP contribution >= 0.6 is 0 Å². The zero-order valence-electron chi connectivity index (χ0n) is 17.6. The van der Waals surface area contributed by atoms with Crippen LogP contribution in [-0.2, 0) is 10.0 Å². The summed E-state index contributed by atoms with van der Waals surface area (Å²) in [4.78, 5) is 12.8. The molecule has 0 saturated heterocycles. The molecule has 0 bridgehead atoms.